The summed E-state index contributed by atoms with van der Waals surface area (Å²) < 4.78 is 0. The highest BCUT2D eigenvalue weighted by Crippen LogP contribution is 2.34. The van der Waals surface area contributed by atoms with Gasteiger partial charge in [0.2, 0.25) is 0 Å². The minimum Gasteiger partial charge on any atom is -0.388 e. The summed E-state index contributed by atoms with van der Waals surface area (Å²) in [5.74, 6) is 0.480. The van der Waals surface area contributed by atoms with Crippen LogP contribution in [0.15, 0.2) is 29.2 Å². The van der Waals surface area contributed by atoms with E-state index in [1.54, 1.807) is 11.8 Å². The lowest BCUT2D eigenvalue weighted by Gasteiger charge is -2.26. The maximum Gasteiger partial charge on any atom is 0.0818 e. The van der Waals surface area contributed by atoms with E-state index in [1.807, 2.05) is 0 Å². The van der Waals surface area contributed by atoms with E-state index in [0.717, 1.165) is 5.56 Å². The quantitative estimate of drug-likeness (QED) is 0.800. The van der Waals surface area contributed by atoms with Gasteiger partial charge in [0.1, 0.15) is 0 Å². The molecule has 0 heterocycles. The van der Waals surface area contributed by atoms with Crippen LogP contribution in [0.5, 0.6) is 0 Å². The second-order valence-electron chi connectivity index (χ2n) is 4.62. The summed E-state index contributed by atoms with van der Waals surface area (Å²) in [6.45, 7) is 0. The Hall–Kier alpha value is -0.470. The lowest BCUT2D eigenvalue weighted by atomic mass is 9.83. The number of benzene rings is 1. The average molecular weight is 236 g/mol. The van der Waals surface area contributed by atoms with Crippen LogP contribution in [0.4, 0.5) is 0 Å². The first-order valence-electron chi connectivity index (χ1n) is 6.13. The molecule has 0 radical (unpaired) electrons. The molecule has 2 heteroatoms. The van der Waals surface area contributed by atoms with Crippen molar-refractivity contribution in [2.75, 3.05) is 6.26 Å². The largest absolute Gasteiger partial charge is 0.388 e. The molecule has 0 spiro atoms. The minimum atomic E-state index is -0.254. The third kappa shape index (κ3) is 2.80. The van der Waals surface area contributed by atoms with Crippen LogP contribution in [-0.2, 0) is 0 Å². The normalized spacial score (nSPS) is 19.6. The van der Waals surface area contributed by atoms with Crippen molar-refractivity contribution < 1.29 is 5.11 Å². The SMILES string of the molecule is CSc1ccc(C(O)C2CCCCC2)cc1. The van der Waals surface area contributed by atoms with Crippen LogP contribution in [0.25, 0.3) is 0 Å². The zero-order valence-electron chi connectivity index (χ0n) is 9.86. The molecule has 1 aromatic rings. The second kappa shape index (κ2) is 5.74. The minimum absolute atomic E-state index is 0.254. The summed E-state index contributed by atoms with van der Waals surface area (Å²) in [5.41, 5.74) is 1.09. The number of rotatable bonds is 3. The number of hydrogen-bond acceptors (Lipinski definition) is 2. The molecule has 1 fully saturated rings. The summed E-state index contributed by atoms with van der Waals surface area (Å²) in [5, 5.41) is 10.3. The Morgan fingerprint density at radius 3 is 2.31 bits per heavy atom. The maximum atomic E-state index is 10.3. The lowest BCUT2D eigenvalue weighted by Crippen LogP contribution is -2.15. The summed E-state index contributed by atoms with van der Waals surface area (Å²) in [7, 11) is 0. The molecule has 0 aliphatic heterocycles. The highest BCUT2D eigenvalue weighted by atomic mass is 32.2. The van der Waals surface area contributed by atoms with Crippen LogP contribution >= 0.6 is 11.8 Å². The summed E-state index contributed by atoms with van der Waals surface area (Å²) >= 11 is 1.74. The van der Waals surface area contributed by atoms with E-state index >= 15 is 0 Å². The maximum absolute atomic E-state index is 10.3. The first kappa shape index (κ1) is 12.0. The number of thioether (sulfide) groups is 1. The molecule has 1 N–H and O–H groups in total. The fourth-order valence-electron chi connectivity index (χ4n) is 2.52. The predicted molar refractivity (Wildman–Crippen MR) is 69.8 cm³/mol. The van der Waals surface area contributed by atoms with Crippen LogP contribution in [0.1, 0.15) is 43.8 Å². The van der Waals surface area contributed by atoms with E-state index in [-0.39, 0.29) is 6.10 Å². The molecule has 0 amide bonds. The van der Waals surface area contributed by atoms with Crippen LogP contribution in [0.3, 0.4) is 0 Å². The first-order chi connectivity index (χ1) is 7.81. The smallest absolute Gasteiger partial charge is 0.0818 e. The van der Waals surface area contributed by atoms with Gasteiger partial charge in [-0.1, -0.05) is 31.4 Å². The molecular formula is C14H20OS. The fourth-order valence-corrected chi connectivity index (χ4v) is 2.93. The van der Waals surface area contributed by atoms with E-state index in [4.69, 9.17) is 0 Å². The Balaban J connectivity index is 2.04. The van der Waals surface area contributed by atoms with E-state index < -0.39 is 0 Å². The van der Waals surface area contributed by atoms with Crippen LogP contribution in [0.2, 0.25) is 0 Å². The van der Waals surface area contributed by atoms with Crippen LogP contribution < -0.4 is 0 Å². The van der Waals surface area contributed by atoms with Crippen molar-refractivity contribution in [3.05, 3.63) is 29.8 Å². The van der Waals surface area contributed by atoms with Gasteiger partial charge < -0.3 is 5.11 Å². The van der Waals surface area contributed by atoms with Gasteiger partial charge in [0.25, 0.3) is 0 Å². The highest BCUT2D eigenvalue weighted by Gasteiger charge is 2.22. The fraction of sp³-hybridized carbons (Fsp3) is 0.571. The van der Waals surface area contributed by atoms with Gasteiger partial charge in [0, 0.05) is 4.90 Å². The molecule has 1 aliphatic rings. The third-order valence-corrected chi connectivity index (χ3v) is 4.30. The molecule has 88 valence electrons. The van der Waals surface area contributed by atoms with Crippen molar-refractivity contribution in [1.82, 2.24) is 0 Å². The van der Waals surface area contributed by atoms with Gasteiger partial charge >= 0.3 is 0 Å². The average Bonchev–Trinajstić information content (AvgIpc) is 2.39. The van der Waals surface area contributed by atoms with Crippen LogP contribution in [0, 0.1) is 5.92 Å². The van der Waals surface area contributed by atoms with E-state index in [0.29, 0.717) is 5.92 Å². The topological polar surface area (TPSA) is 20.2 Å². The van der Waals surface area contributed by atoms with E-state index in [1.165, 1.54) is 37.0 Å². The lowest BCUT2D eigenvalue weighted by molar-refractivity contribution is 0.0848. The molecule has 1 aliphatic carbocycles. The van der Waals surface area contributed by atoms with Crippen molar-refractivity contribution in [2.24, 2.45) is 5.92 Å². The van der Waals surface area contributed by atoms with E-state index in [9.17, 15) is 5.11 Å². The van der Waals surface area contributed by atoms with Crippen molar-refractivity contribution in [3.8, 4) is 0 Å². The first-order valence-corrected chi connectivity index (χ1v) is 7.36. The van der Waals surface area contributed by atoms with Crippen molar-refractivity contribution in [1.29, 1.82) is 0 Å². The monoisotopic (exact) mass is 236 g/mol. The van der Waals surface area contributed by atoms with Gasteiger partial charge in [0.15, 0.2) is 0 Å². The van der Waals surface area contributed by atoms with E-state index in [2.05, 4.69) is 30.5 Å². The summed E-state index contributed by atoms with van der Waals surface area (Å²) in [4.78, 5) is 1.26. The Labute approximate surface area is 102 Å². The van der Waals surface area contributed by atoms with Gasteiger partial charge in [-0.2, -0.15) is 0 Å². The molecule has 1 atom stereocenters. The molecule has 0 saturated heterocycles. The molecule has 2 rings (SSSR count). The second-order valence-corrected chi connectivity index (χ2v) is 5.50. The number of aliphatic hydroxyl groups is 1. The molecule has 1 nitrogen and oxygen atoms in total. The van der Waals surface area contributed by atoms with Gasteiger partial charge in [0.05, 0.1) is 6.10 Å². The number of aliphatic hydroxyl groups excluding tert-OH is 1. The van der Waals surface area contributed by atoms with Gasteiger partial charge in [-0.15, -0.1) is 11.8 Å². The molecule has 0 aromatic heterocycles. The molecule has 0 bridgehead atoms. The molecule has 1 unspecified atom stereocenters. The van der Waals surface area contributed by atoms with Gasteiger partial charge in [-0.25, -0.2) is 0 Å². The van der Waals surface area contributed by atoms with Crippen molar-refractivity contribution in [2.45, 2.75) is 43.1 Å². The summed E-state index contributed by atoms with van der Waals surface area (Å²) in [6.07, 6.45) is 8.10. The Kier molecular flexibility index (Phi) is 4.30. The number of hydrogen-bond donors (Lipinski definition) is 1. The summed E-state index contributed by atoms with van der Waals surface area (Å²) in [6, 6.07) is 8.36. The molecule has 16 heavy (non-hydrogen) atoms. The highest BCUT2D eigenvalue weighted by molar-refractivity contribution is 7.98. The Bertz CT molecular complexity index is 314. The van der Waals surface area contributed by atoms with Crippen molar-refractivity contribution >= 4 is 11.8 Å². The molecular weight excluding hydrogens is 216 g/mol. The van der Waals surface area contributed by atoms with Gasteiger partial charge in [-0.3, -0.25) is 0 Å². The van der Waals surface area contributed by atoms with Crippen molar-refractivity contribution in [3.63, 3.8) is 0 Å². The third-order valence-electron chi connectivity index (χ3n) is 3.55. The standard InChI is InChI=1S/C14H20OS/c1-16-13-9-7-12(8-10-13)14(15)11-5-3-2-4-6-11/h7-11,14-15H,2-6H2,1H3. The zero-order chi connectivity index (χ0) is 11.4. The molecule has 1 aromatic carbocycles. The Morgan fingerprint density at radius 1 is 1.12 bits per heavy atom. The Morgan fingerprint density at radius 2 is 1.75 bits per heavy atom. The predicted octanol–water partition coefficient (Wildman–Crippen LogP) is 4.02. The van der Waals surface area contributed by atoms with Crippen LogP contribution in [-0.4, -0.2) is 11.4 Å². The van der Waals surface area contributed by atoms with Gasteiger partial charge in [-0.05, 0) is 42.7 Å². The molecule has 1 saturated carbocycles. The zero-order valence-corrected chi connectivity index (χ0v) is 10.7.